The van der Waals surface area contributed by atoms with E-state index in [4.69, 9.17) is 0 Å². The number of aromatic nitrogens is 6. The average Bonchev–Trinajstić information content (AvgIpc) is 3.28. The zero-order valence-corrected chi connectivity index (χ0v) is 15.6. The van der Waals surface area contributed by atoms with E-state index in [9.17, 15) is 0 Å². The largest absolute Gasteiger partial charge is 0.263 e. The van der Waals surface area contributed by atoms with Crippen LogP contribution in [0.3, 0.4) is 0 Å². The van der Waals surface area contributed by atoms with Crippen molar-refractivity contribution in [1.29, 1.82) is 0 Å². The molecule has 0 fully saturated rings. The highest BCUT2D eigenvalue weighted by Crippen LogP contribution is 2.25. The summed E-state index contributed by atoms with van der Waals surface area (Å²) in [6.45, 7) is 4.10. The lowest BCUT2D eigenvalue weighted by Gasteiger charge is -2.05. The molecule has 0 radical (unpaired) electrons. The molecule has 0 saturated heterocycles. The molecule has 0 unspecified atom stereocenters. The number of benzene rings is 1. The van der Waals surface area contributed by atoms with Gasteiger partial charge in [-0.1, -0.05) is 25.5 Å². The van der Waals surface area contributed by atoms with Gasteiger partial charge in [-0.3, -0.25) is 5.10 Å². The van der Waals surface area contributed by atoms with Crippen LogP contribution in [0.5, 0.6) is 0 Å². The van der Waals surface area contributed by atoms with Crippen LogP contribution < -0.4 is 0 Å². The van der Waals surface area contributed by atoms with Crippen molar-refractivity contribution in [2.45, 2.75) is 31.6 Å². The van der Waals surface area contributed by atoms with Crippen LogP contribution in [-0.4, -0.2) is 35.7 Å². The van der Waals surface area contributed by atoms with Crippen LogP contribution >= 0.6 is 11.8 Å². The highest BCUT2D eigenvalue weighted by molar-refractivity contribution is 7.99. The second-order valence-corrected chi connectivity index (χ2v) is 7.31. The molecule has 0 aliphatic heterocycles. The Morgan fingerprint density at radius 1 is 1.19 bits per heavy atom. The maximum atomic E-state index is 4.64. The molecule has 0 bridgehead atoms. The third kappa shape index (κ3) is 3.35. The zero-order chi connectivity index (χ0) is 17.9. The normalized spacial score (nSPS) is 11.3. The quantitative estimate of drug-likeness (QED) is 0.405. The smallest absolute Gasteiger partial charge is 0.181 e. The van der Waals surface area contributed by atoms with Gasteiger partial charge in [-0.25, -0.2) is 14.6 Å². The number of thioether (sulfide) groups is 1. The maximum absolute atomic E-state index is 4.64. The van der Waals surface area contributed by atoms with Crippen molar-refractivity contribution in [3.8, 4) is 17.1 Å². The van der Waals surface area contributed by atoms with Crippen LogP contribution in [-0.2, 0) is 0 Å². The molecule has 3 aromatic heterocycles. The first kappa shape index (κ1) is 16.8. The lowest BCUT2D eigenvalue weighted by Crippen LogP contribution is -1.98. The van der Waals surface area contributed by atoms with Crippen LogP contribution in [0.2, 0.25) is 0 Å². The van der Waals surface area contributed by atoms with E-state index in [1.165, 1.54) is 17.7 Å². The molecule has 1 N–H and O–H groups in total. The van der Waals surface area contributed by atoms with E-state index in [1.54, 1.807) is 0 Å². The van der Waals surface area contributed by atoms with Crippen LogP contribution in [0.25, 0.3) is 28.1 Å². The molecular weight excluding hydrogens is 344 g/mol. The molecular formula is C19H20N6S. The van der Waals surface area contributed by atoms with Gasteiger partial charge >= 0.3 is 0 Å². The van der Waals surface area contributed by atoms with Gasteiger partial charge in [0.1, 0.15) is 5.82 Å². The molecule has 0 spiro atoms. The first-order valence-electron chi connectivity index (χ1n) is 8.71. The van der Waals surface area contributed by atoms with Crippen LogP contribution in [0.1, 0.15) is 25.6 Å². The number of nitrogens with zero attached hydrogens (tertiary/aromatic N) is 5. The Labute approximate surface area is 156 Å². The molecule has 0 aliphatic rings. The number of H-pyrrole nitrogens is 1. The van der Waals surface area contributed by atoms with Crippen molar-refractivity contribution in [3.63, 3.8) is 0 Å². The summed E-state index contributed by atoms with van der Waals surface area (Å²) < 4.78 is 1.86. The van der Waals surface area contributed by atoms with Gasteiger partial charge in [-0.2, -0.15) is 10.2 Å². The summed E-state index contributed by atoms with van der Waals surface area (Å²) in [5.41, 5.74) is 2.74. The van der Waals surface area contributed by atoms with Gasteiger partial charge in [-0.15, -0.1) is 11.8 Å². The summed E-state index contributed by atoms with van der Waals surface area (Å²) in [5, 5.41) is 12.7. The Bertz CT molecular complexity index is 1040. The fourth-order valence-corrected chi connectivity index (χ4v) is 3.76. The topological polar surface area (TPSA) is 72.3 Å². The second kappa shape index (κ2) is 7.29. The molecule has 1 aromatic carbocycles. The monoisotopic (exact) mass is 364 g/mol. The van der Waals surface area contributed by atoms with E-state index < -0.39 is 0 Å². The number of nitrogens with one attached hydrogen (secondary N) is 1. The van der Waals surface area contributed by atoms with Gasteiger partial charge in [0.05, 0.1) is 11.9 Å². The van der Waals surface area contributed by atoms with Gasteiger partial charge in [0.15, 0.2) is 11.5 Å². The molecule has 132 valence electrons. The summed E-state index contributed by atoms with van der Waals surface area (Å²) in [6.07, 6.45) is 6.23. The van der Waals surface area contributed by atoms with Crippen LogP contribution in [0, 0.1) is 6.92 Å². The van der Waals surface area contributed by atoms with Crippen molar-refractivity contribution >= 4 is 22.8 Å². The number of unbranched alkanes of at least 4 members (excludes halogenated alkanes) is 1. The Hall–Kier alpha value is -2.67. The lowest BCUT2D eigenvalue weighted by molar-refractivity contribution is 0.893. The van der Waals surface area contributed by atoms with Crippen molar-refractivity contribution in [1.82, 2.24) is 29.9 Å². The van der Waals surface area contributed by atoms with E-state index in [2.05, 4.69) is 38.3 Å². The Kier molecular flexibility index (Phi) is 4.71. The molecule has 4 rings (SSSR count). The molecule has 0 saturated carbocycles. The molecule has 0 atom stereocenters. The van der Waals surface area contributed by atoms with Crippen LogP contribution in [0.4, 0.5) is 0 Å². The van der Waals surface area contributed by atoms with E-state index in [0.29, 0.717) is 5.82 Å². The Morgan fingerprint density at radius 2 is 2.12 bits per heavy atom. The van der Waals surface area contributed by atoms with E-state index in [0.717, 1.165) is 33.9 Å². The Morgan fingerprint density at radius 3 is 2.92 bits per heavy atom. The van der Waals surface area contributed by atoms with E-state index >= 15 is 0 Å². The van der Waals surface area contributed by atoms with E-state index in [-0.39, 0.29) is 0 Å². The molecule has 26 heavy (non-hydrogen) atoms. The van der Waals surface area contributed by atoms with Crippen molar-refractivity contribution < 1.29 is 0 Å². The second-order valence-electron chi connectivity index (χ2n) is 6.14. The molecule has 3 heterocycles. The SMILES string of the molecule is CCCCSc1cnc2c(cnn2-c2cccc(-c3n[nH]c(C)n3)c2)c1. The minimum atomic E-state index is 0.684. The maximum Gasteiger partial charge on any atom is 0.181 e. The van der Waals surface area contributed by atoms with Crippen molar-refractivity contribution in [2.24, 2.45) is 0 Å². The van der Waals surface area contributed by atoms with E-state index in [1.807, 2.05) is 60.0 Å². The number of fused-ring (bicyclic) bond motifs is 1. The third-order valence-electron chi connectivity index (χ3n) is 4.10. The van der Waals surface area contributed by atoms with Gasteiger partial charge < -0.3 is 0 Å². The minimum absolute atomic E-state index is 0.684. The standard InChI is InChI=1S/C19H20N6S/c1-3-4-8-26-17-10-15-11-21-25(19(15)20-12-17)16-7-5-6-14(9-16)18-22-13(2)23-24-18/h5-7,9-12H,3-4,8H2,1-2H3,(H,22,23,24). The Balaban J connectivity index is 1.66. The van der Waals surface area contributed by atoms with Crippen molar-refractivity contribution in [3.05, 3.63) is 48.5 Å². The van der Waals surface area contributed by atoms with Crippen LogP contribution in [0.15, 0.2) is 47.6 Å². The summed E-state index contributed by atoms with van der Waals surface area (Å²) in [7, 11) is 0. The summed E-state index contributed by atoms with van der Waals surface area (Å²) in [5.74, 6) is 2.60. The highest BCUT2D eigenvalue weighted by Gasteiger charge is 2.10. The van der Waals surface area contributed by atoms with Gasteiger partial charge in [0.25, 0.3) is 0 Å². The van der Waals surface area contributed by atoms with Crippen molar-refractivity contribution in [2.75, 3.05) is 5.75 Å². The lowest BCUT2D eigenvalue weighted by atomic mass is 10.2. The number of hydrogen-bond donors (Lipinski definition) is 1. The van der Waals surface area contributed by atoms with Gasteiger partial charge in [0, 0.05) is 22.0 Å². The zero-order valence-electron chi connectivity index (χ0n) is 14.8. The number of aryl methyl sites for hydroxylation is 1. The summed E-state index contributed by atoms with van der Waals surface area (Å²) in [4.78, 5) is 10.2. The molecule has 0 aliphatic carbocycles. The number of rotatable bonds is 6. The molecule has 6 nitrogen and oxygen atoms in total. The number of pyridine rings is 1. The predicted molar refractivity (Wildman–Crippen MR) is 105 cm³/mol. The van der Waals surface area contributed by atoms with Gasteiger partial charge in [-0.05, 0) is 37.3 Å². The van der Waals surface area contributed by atoms with Gasteiger partial charge in [0.2, 0.25) is 0 Å². The molecule has 7 heteroatoms. The average molecular weight is 364 g/mol. The summed E-state index contributed by atoms with van der Waals surface area (Å²) in [6, 6.07) is 10.2. The minimum Gasteiger partial charge on any atom is -0.263 e. The first-order valence-corrected chi connectivity index (χ1v) is 9.69. The molecule has 0 amide bonds. The fraction of sp³-hybridized carbons (Fsp3) is 0.263. The first-order chi connectivity index (χ1) is 12.7. The fourth-order valence-electron chi connectivity index (χ4n) is 2.75. The summed E-state index contributed by atoms with van der Waals surface area (Å²) >= 11 is 1.85. The number of hydrogen-bond acceptors (Lipinski definition) is 5. The number of aromatic amines is 1. The third-order valence-corrected chi connectivity index (χ3v) is 5.15. The predicted octanol–water partition coefficient (Wildman–Crippen LogP) is 4.41. The molecule has 4 aromatic rings. The highest BCUT2D eigenvalue weighted by atomic mass is 32.2.